The maximum atomic E-state index is 12.2. The first kappa shape index (κ1) is 21.7. The molecule has 154 valence electrons. The zero-order valence-electron chi connectivity index (χ0n) is 16.7. The standard InChI is InChI=1S/C20H23N3O6/c1-13(24)14-8-17(22(2)10-14)20(27)29-12-19(26)23(3)11-18(25)21-15-6-5-7-16(9-15)28-4/h5-10H,11-12H2,1-4H3,(H,21,25). The first-order valence-electron chi connectivity index (χ1n) is 8.73. The number of hydrogen-bond acceptors (Lipinski definition) is 6. The van der Waals surface area contributed by atoms with E-state index in [0.717, 1.165) is 4.90 Å². The van der Waals surface area contributed by atoms with Crippen LogP contribution in [0.3, 0.4) is 0 Å². The van der Waals surface area contributed by atoms with Gasteiger partial charge in [-0.3, -0.25) is 14.4 Å². The molecule has 2 amide bonds. The van der Waals surface area contributed by atoms with Gasteiger partial charge < -0.3 is 24.3 Å². The van der Waals surface area contributed by atoms with Crippen molar-refractivity contribution in [1.82, 2.24) is 9.47 Å². The van der Waals surface area contributed by atoms with E-state index in [1.165, 1.54) is 37.9 Å². The number of anilines is 1. The summed E-state index contributed by atoms with van der Waals surface area (Å²) in [6.45, 7) is 0.647. The number of benzene rings is 1. The monoisotopic (exact) mass is 401 g/mol. The van der Waals surface area contributed by atoms with E-state index in [9.17, 15) is 19.2 Å². The molecule has 0 spiro atoms. The Labute approximate surface area is 168 Å². The molecule has 1 N–H and O–H groups in total. The third-order valence-corrected chi connectivity index (χ3v) is 4.11. The Morgan fingerprint density at radius 1 is 1.17 bits per heavy atom. The molecular weight excluding hydrogens is 378 g/mol. The molecule has 0 fully saturated rings. The van der Waals surface area contributed by atoms with Gasteiger partial charge in [-0.05, 0) is 25.1 Å². The molecule has 0 saturated heterocycles. The lowest BCUT2D eigenvalue weighted by Gasteiger charge is -2.17. The third kappa shape index (κ3) is 5.93. The number of nitrogens with zero attached hydrogens (tertiary/aromatic N) is 2. The molecule has 1 heterocycles. The van der Waals surface area contributed by atoms with E-state index >= 15 is 0 Å². The molecule has 0 saturated carbocycles. The lowest BCUT2D eigenvalue weighted by Crippen LogP contribution is -2.37. The molecule has 9 heteroatoms. The lowest BCUT2D eigenvalue weighted by atomic mass is 10.2. The van der Waals surface area contributed by atoms with Gasteiger partial charge in [-0.1, -0.05) is 6.07 Å². The molecule has 1 aromatic heterocycles. The minimum absolute atomic E-state index is 0.154. The van der Waals surface area contributed by atoms with Gasteiger partial charge in [0.2, 0.25) is 5.91 Å². The minimum Gasteiger partial charge on any atom is -0.497 e. The van der Waals surface area contributed by atoms with E-state index in [2.05, 4.69) is 5.32 Å². The number of ether oxygens (including phenoxy) is 2. The predicted molar refractivity (Wildman–Crippen MR) is 105 cm³/mol. The Morgan fingerprint density at radius 3 is 2.52 bits per heavy atom. The number of carbonyl (C=O) groups is 4. The van der Waals surface area contributed by atoms with Crippen LogP contribution in [-0.4, -0.2) is 60.3 Å². The fourth-order valence-corrected chi connectivity index (χ4v) is 2.48. The van der Waals surface area contributed by atoms with Crippen LogP contribution >= 0.6 is 0 Å². The maximum Gasteiger partial charge on any atom is 0.355 e. The summed E-state index contributed by atoms with van der Waals surface area (Å²) in [4.78, 5) is 48.9. The van der Waals surface area contributed by atoms with Gasteiger partial charge in [0.1, 0.15) is 11.4 Å². The Balaban J connectivity index is 1.86. The molecule has 2 rings (SSSR count). The maximum absolute atomic E-state index is 12.2. The smallest absolute Gasteiger partial charge is 0.355 e. The van der Waals surface area contributed by atoms with Crippen molar-refractivity contribution >= 4 is 29.3 Å². The number of methoxy groups -OCH3 is 1. The molecule has 0 bridgehead atoms. The van der Waals surface area contributed by atoms with E-state index < -0.39 is 24.4 Å². The average Bonchev–Trinajstić information content (AvgIpc) is 3.07. The van der Waals surface area contributed by atoms with Gasteiger partial charge in [0.05, 0.1) is 13.7 Å². The van der Waals surface area contributed by atoms with Crippen LogP contribution in [-0.2, 0) is 21.4 Å². The van der Waals surface area contributed by atoms with E-state index in [-0.39, 0.29) is 18.0 Å². The largest absolute Gasteiger partial charge is 0.497 e. The summed E-state index contributed by atoms with van der Waals surface area (Å²) in [6, 6.07) is 8.21. The molecule has 0 aliphatic carbocycles. The molecule has 0 aliphatic rings. The highest BCUT2D eigenvalue weighted by Gasteiger charge is 2.19. The van der Waals surface area contributed by atoms with Crippen molar-refractivity contribution in [2.75, 3.05) is 32.6 Å². The highest BCUT2D eigenvalue weighted by Crippen LogP contribution is 2.16. The van der Waals surface area contributed by atoms with Crippen molar-refractivity contribution in [3.8, 4) is 5.75 Å². The summed E-state index contributed by atoms with van der Waals surface area (Å²) in [6.07, 6.45) is 1.51. The number of likely N-dealkylation sites (N-methyl/N-ethyl adjacent to an activating group) is 1. The summed E-state index contributed by atoms with van der Waals surface area (Å²) in [5, 5.41) is 2.66. The number of aryl methyl sites for hydroxylation is 1. The van der Waals surface area contributed by atoms with Gasteiger partial charge in [0, 0.05) is 37.6 Å². The molecule has 1 aromatic carbocycles. The summed E-state index contributed by atoms with van der Waals surface area (Å²) in [7, 11) is 4.54. The molecule has 29 heavy (non-hydrogen) atoms. The summed E-state index contributed by atoms with van der Waals surface area (Å²) in [5.74, 6) is -1.28. The summed E-state index contributed by atoms with van der Waals surface area (Å²) < 4.78 is 11.5. The number of carbonyl (C=O) groups excluding carboxylic acids is 4. The number of aromatic nitrogens is 1. The third-order valence-electron chi connectivity index (χ3n) is 4.11. The molecule has 0 unspecified atom stereocenters. The van der Waals surface area contributed by atoms with Crippen molar-refractivity contribution in [1.29, 1.82) is 0 Å². The molecule has 0 radical (unpaired) electrons. The number of hydrogen-bond donors (Lipinski definition) is 1. The van der Waals surface area contributed by atoms with Crippen molar-refractivity contribution in [3.05, 3.63) is 47.8 Å². The van der Waals surface area contributed by atoms with Crippen LogP contribution in [0.1, 0.15) is 27.8 Å². The summed E-state index contributed by atoms with van der Waals surface area (Å²) in [5.41, 5.74) is 1.06. The predicted octanol–water partition coefficient (Wildman–Crippen LogP) is 1.49. The van der Waals surface area contributed by atoms with Gasteiger partial charge in [0.15, 0.2) is 12.4 Å². The second-order valence-electron chi connectivity index (χ2n) is 6.39. The molecule has 0 aliphatic heterocycles. The van der Waals surface area contributed by atoms with Crippen LogP contribution in [0.2, 0.25) is 0 Å². The highest BCUT2D eigenvalue weighted by molar-refractivity contribution is 5.98. The lowest BCUT2D eigenvalue weighted by molar-refractivity contribution is -0.136. The summed E-state index contributed by atoms with van der Waals surface area (Å²) >= 11 is 0. The number of rotatable bonds is 8. The van der Waals surface area contributed by atoms with E-state index in [4.69, 9.17) is 9.47 Å². The fraction of sp³-hybridized carbons (Fsp3) is 0.300. The van der Waals surface area contributed by atoms with E-state index in [1.807, 2.05) is 0 Å². The SMILES string of the molecule is COc1cccc(NC(=O)CN(C)C(=O)COC(=O)c2cc(C(C)=O)cn2C)c1. The van der Waals surface area contributed by atoms with Gasteiger partial charge in [0.25, 0.3) is 5.91 Å². The number of nitrogens with one attached hydrogen (secondary N) is 1. The molecule has 2 aromatic rings. The Morgan fingerprint density at radius 2 is 1.90 bits per heavy atom. The van der Waals surface area contributed by atoms with Crippen LogP contribution in [0.5, 0.6) is 5.75 Å². The Hall–Kier alpha value is -3.62. The topological polar surface area (TPSA) is 107 Å². The number of Topliss-reactive ketones (excluding diaryl/α,β-unsaturated/α-hetero) is 1. The van der Waals surface area contributed by atoms with Crippen molar-refractivity contribution in [2.24, 2.45) is 7.05 Å². The van der Waals surface area contributed by atoms with Crippen molar-refractivity contribution in [2.45, 2.75) is 6.92 Å². The fourth-order valence-electron chi connectivity index (χ4n) is 2.48. The number of amides is 2. The Bertz CT molecular complexity index is 934. The van der Waals surface area contributed by atoms with Crippen LogP contribution in [0.25, 0.3) is 0 Å². The average molecular weight is 401 g/mol. The van der Waals surface area contributed by atoms with Crippen LogP contribution in [0.15, 0.2) is 36.5 Å². The minimum atomic E-state index is -0.734. The first-order chi connectivity index (χ1) is 13.7. The zero-order chi connectivity index (χ0) is 21.6. The van der Waals surface area contributed by atoms with Gasteiger partial charge in [-0.25, -0.2) is 4.79 Å². The number of ketones is 1. The molecule has 0 atom stereocenters. The zero-order valence-corrected chi connectivity index (χ0v) is 16.7. The van der Waals surface area contributed by atoms with Gasteiger partial charge in [-0.15, -0.1) is 0 Å². The van der Waals surface area contributed by atoms with E-state index in [0.29, 0.717) is 17.0 Å². The van der Waals surface area contributed by atoms with Crippen LogP contribution < -0.4 is 10.1 Å². The number of esters is 1. The normalized spacial score (nSPS) is 10.2. The Kier molecular flexibility index (Phi) is 7.13. The molecule has 9 nitrogen and oxygen atoms in total. The molecular formula is C20H23N3O6. The first-order valence-corrected chi connectivity index (χ1v) is 8.73. The van der Waals surface area contributed by atoms with Gasteiger partial charge >= 0.3 is 5.97 Å². The van der Waals surface area contributed by atoms with E-state index in [1.54, 1.807) is 31.3 Å². The van der Waals surface area contributed by atoms with Crippen molar-refractivity contribution < 1.29 is 28.7 Å². The quantitative estimate of drug-likeness (QED) is 0.531. The second kappa shape index (κ2) is 9.54. The van der Waals surface area contributed by atoms with Gasteiger partial charge in [-0.2, -0.15) is 0 Å². The second-order valence-corrected chi connectivity index (χ2v) is 6.39. The van der Waals surface area contributed by atoms with Crippen LogP contribution in [0.4, 0.5) is 5.69 Å². The van der Waals surface area contributed by atoms with Crippen molar-refractivity contribution in [3.63, 3.8) is 0 Å². The van der Waals surface area contributed by atoms with Crippen LogP contribution in [0, 0.1) is 0 Å². The highest BCUT2D eigenvalue weighted by atomic mass is 16.5.